The van der Waals surface area contributed by atoms with Crippen LogP contribution in [-0.2, 0) is 0 Å². The average Bonchev–Trinajstić information content (AvgIpc) is 3.42. The molecule has 2 amide bonds. The van der Waals surface area contributed by atoms with Crippen LogP contribution < -0.4 is 14.8 Å². The van der Waals surface area contributed by atoms with E-state index in [2.05, 4.69) is 10.4 Å². The van der Waals surface area contributed by atoms with E-state index in [-0.39, 0.29) is 12.1 Å². The minimum absolute atomic E-state index is 0.0394. The van der Waals surface area contributed by atoms with Crippen molar-refractivity contribution in [2.45, 2.75) is 25.8 Å². The predicted octanol–water partition coefficient (Wildman–Crippen LogP) is 4.57. The number of anilines is 1. The van der Waals surface area contributed by atoms with E-state index >= 15 is 0 Å². The molecule has 0 bridgehead atoms. The van der Waals surface area contributed by atoms with Crippen LogP contribution in [0.4, 0.5) is 10.5 Å². The van der Waals surface area contributed by atoms with Crippen LogP contribution in [0.25, 0.3) is 5.69 Å². The quantitative estimate of drug-likeness (QED) is 0.674. The summed E-state index contributed by atoms with van der Waals surface area (Å²) in [5, 5.41) is 7.38. The molecular formula is C23H26N4O3. The van der Waals surface area contributed by atoms with E-state index in [0.717, 1.165) is 47.0 Å². The second-order valence-electron chi connectivity index (χ2n) is 7.32. The van der Waals surface area contributed by atoms with Crippen molar-refractivity contribution < 1.29 is 14.3 Å². The Bertz CT molecular complexity index is 1050. The monoisotopic (exact) mass is 406 g/mol. The number of hydrogen-bond acceptors (Lipinski definition) is 4. The first-order valence-electron chi connectivity index (χ1n) is 10.0. The molecule has 0 saturated carbocycles. The summed E-state index contributed by atoms with van der Waals surface area (Å²) in [6.07, 6.45) is 3.60. The summed E-state index contributed by atoms with van der Waals surface area (Å²) in [5.74, 6) is 1.46. The number of likely N-dealkylation sites (tertiary alicyclic amines) is 1. The Labute approximate surface area is 176 Å². The van der Waals surface area contributed by atoms with Gasteiger partial charge in [-0.2, -0.15) is 5.10 Å². The molecule has 1 atom stereocenters. The van der Waals surface area contributed by atoms with Gasteiger partial charge in [-0.1, -0.05) is 6.07 Å². The Hall–Kier alpha value is -3.48. The lowest BCUT2D eigenvalue weighted by Crippen LogP contribution is -2.34. The minimum Gasteiger partial charge on any atom is -0.497 e. The fourth-order valence-electron chi connectivity index (χ4n) is 3.98. The number of carbonyl (C=O) groups is 1. The molecule has 30 heavy (non-hydrogen) atoms. The number of hydrogen-bond donors (Lipinski definition) is 1. The van der Waals surface area contributed by atoms with Crippen molar-refractivity contribution in [3.05, 3.63) is 66.0 Å². The van der Waals surface area contributed by atoms with Crippen molar-refractivity contribution in [3.63, 3.8) is 0 Å². The Morgan fingerprint density at radius 1 is 1.13 bits per heavy atom. The summed E-state index contributed by atoms with van der Waals surface area (Å²) in [5.41, 5.74) is 3.67. The van der Waals surface area contributed by atoms with Crippen molar-refractivity contribution in [2.75, 3.05) is 26.1 Å². The fourth-order valence-corrected chi connectivity index (χ4v) is 3.98. The highest BCUT2D eigenvalue weighted by molar-refractivity contribution is 5.90. The van der Waals surface area contributed by atoms with Crippen LogP contribution in [0, 0.1) is 6.92 Å². The Morgan fingerprint density at radius 3 is 2.73 bits per heavy atom. The van der Waals surface area contributed by atoms with Gasteiger partial charge in [-0.25, -0.2) is 9.48 Å². The van der Waals surface area contributed by atoms with Crippen molar-refractivity contribution in [3.8, 4) is 17.2 Å². The summed E-state index contributed by atoms with van der Waals surface area (Å²) >= 11 is 0. The van der Waals surface area contributed by atoms with Crippen molar-refractivity contribution >= 4 is 11.7 Å². The van der Waals surface area contributed by atoms with Gasteiger partial charge < -0.3 is 19.7 Å². The minimum atomic E-state index is -0.121. The third kappa shape index (κ3) is 3.83. The van der Waals surface area contributed by atoms with Gasteiger partial charge in [-0.15, -0.1) is 0 Å². The van der Waals surface area contributed by atoms with Crippen LogP contribution in [0.15, 0.2) is 54.7 Å². The largest absolute Gasteiger partial charge is 0.497 e. The van der Waals surface area contributed by atoms with Crippen molar-refractivity contribution in [1.82, 2.24) is 14.7 Å². The van der Waals surface area contributed by atoms with Gasteiger partial charge in [-0.05, 0) is 56.2 Å². The predicted molar refractivity (Wildman–Crippen MR) is 116 cm³/mol. The lowest BCUT2D eigenvalue weighted by atomic mass is 10.0. The highest BCUT2D eigenvalue weighted by Gasteiger charge is 2.32. The van der Waals surface area contributed by atoms with Crippen LogP contribution in [0.5, 0.6) is 11.5 Å². The molecule has 2 aromatic carbocycles. The zero-order chi connectivity index (χ0) is 21.1. The lowest BCUT2D eigenvalue weighted by Gasteiger charge is -2.27. The molecule has 1 fully saturated rings. The third-order valence-electron chi connectivity index (χ3n) is 5.49. The lowest BCUT2D eigenvalue weighted by molar-refractivity contribution is 0.206. The fraction of sp³-hybridized carbons (Fsp3) is 0.304. The number of urea groups is 1. The smallest absolute Gasteiger partial charge is 0.322 e. The molecule has 1 saturated heterocycles. The molecule has 1 aliphatic heterocycles. The Kier molecular flexibility index (Phi) is 5.61. The van der Waals surface area contributed by atoms with Gasteiger partial charge in [0.05, 0.1) is 25.9 Å². The number of methoxy groups -OCH3 is 2. The van der Waals surface area contributed by atoms with E-state index in [1.54, 1.807) is 20.4 Å². The van der Waals surface area contributed by atoms with Gasteiger partial charge >= 0.3 is 6.03 Å². The van der Waals surface area contributed by atoms with Gasteiger partial charge in [0, 0.05) is 35.8 Å². The molecule has 0 radical (unpaired) electrons. The molecule has 7 heteroatoms. The summed E-state index contributed by atoms with van der Waals surface area (Å²) < 4.78 is 12.7. The molecule has 1 unspecified atom stereocenters. The first-order chi connectivity index (χ1) is 14.6. The van der Waals surface area contributed by atoms with Crippen molar-refractivity contribution in [1.29, 1.82) is 0 Å². The molecule has 7 nitrogen and oxygen atoms in total. The number of rotatable bonds is 5. The van der Waals surface area contributed by atoms with Gasteiger partial charge in [-0.3, -0.25) is 0 Å². The number of carbonyl (C=O) groups excluding carboxylic acids is 1. The summed E-state index contributed by atoms with van der Waals surface area (Å²) in [7, 11) is 3.27. The highest BCUT2D eigenvalue weighted by atomic mass is 16.5. The topological polar surface area (TPSA) is 68.6 Å². The maximum absolute atomic E-state index is 13.1. The molecule has 156 valence electrons. The van der Waals surface area contributed by atoms with Gasteiger partial charge in [0.2, 0.25) is 0 Å². The average molecular weight is 406 g/mol. The molecule has 1 aromatic heterocycles. The third-order valence-corrected chi connectivity index (χ3v) is 5.49. The number of nitrogens with zero attached hydrogens (tertiary/aromatic N) is 3. The van der Waals surface area contributed by atoms with Gasteiger partial charge in [0.25, 0.3) is 0 Å². The van der Waals surface area contributed by atoms with Crippen LogP contribution in [0.1, 0.15) is 30.1 Å². The molecule has 4 rings (SSSR count). The van der Waals surface area contributed by atoms with E-state index in [9.17, 15) is 4.79 Å². The number of nitrogens with one attached hydrogen (secondary N) is 1. The van der Waals surface area contributed by atoms with Crippen molar-refractivity contribution in [2.24, 2.45) is 0 Å². The number of aromatic nitrogens is 2. The first kappa shape index (κ1) is 19.8. The molecular weight excluding hydrogens is 380 g/mol. The summed E-state index contributed by atoms with van der Waals surface area (Å²) in [6, 6.07) is 15.2. The van der Waals surface area contributed by atoms with E-state index in [1.807, 2.05) is 65.0 Å². The molecule has 2 heterocycles. The normalized spacial score (nSPS) is 15.8. The van der Waals surface area contributed by atoms with Gasteiger partial charge in [0.15, 0.2) is 0 Å². The van der Waals surface area contributed by atoms with Gasteiger partial charge in [0.1, 0.15) is 11.5 Å². The second-order valence-corrected chi connectivity index (χ2v) is 7.32. The maximum Gasteiger partial charge on any atom is 0.322 e. The highest BCUT2D eigenvalue weighted by Crippen LogP contribution is 2.39. The van der Waals surface area contributed by atoms with E-state index in [0.29, 0.717) is 6.54 Å². The zero-order valence-corrected chi connectivity index (χ0v) is 17.5. The zero-order valence-electron chi connectivity index (χ0n) is 17.5. The molecule has 0 spiro atoms. The Morgan fingerprint density at radius 2 is 2.00 bits per heavy atom. The second kappa shape index (κ2) is 8.49. The molecule has 1 N–H and O–H groups in total. The van der Waals surface area contributed by atoms with Crippen LogP contribution >= 0.6 is 0 Å². The van der Waals surface area contributed by atoms with E-state index in [1.165, 1.54) is 0 Å². The SMILES string of the molecule is COc1ccc(C2CCCN2C(=O)Nc2cccc(-n3nccc3C)c2)c(OC)c1. The molecule has 1 aliphatic rings. The first-order valence-corrected chi connectivity index (χ1v) is 10.0. The standard InChI is InChI=1S/C23H26N4O3/c1-16-11-12-24-27(16)18-7-4-6-17(14-18)25-23(28)26-13-5-8-21(26)20-10-9-19(29-2)15-22(20)30-3/h4,6-7,9-12,14-15,21H,5,8,13H2,1-3H3,(H,25,28). The van der Waals surface area contributed by atoms with E-state index < -0.39 is 0 Å². The van der Waals surface area contributed by atoms with Crippen LogP contribution in [0.2, 0.25) is 0 Å². The number of ether oxygens (including phenoxy) is 2. The molecule has 3 aromatic rings. The summed E-state index contributed by atoms with van der Waals surface area (Å²) in [6.45, 7) is 2.69. The van der Waals surface area contributed by atoms with Crippen LogP contribution in [-0.4, -0.2) is 41.5 Å². The maximum atomic E-state index is 13.1. The van der Waals surface area contributed by atoms with E-state index in [4.69, 9.17) is 9.47 Å². The van der Waals surface area contributed by atoms with Crippen LogP contribution in [0.3, 0.4) is 0 Å². The molecule has 0 aliphatic carbocycles. The Balaban J connectivity index is 1.54. The number of amides is 2. The number of aryl methyl sites for hydroxylation is 1. The number of benzene rings is 2. The summed E-state index contributed by atoms with van der Waals surface area (Å²) in [4.78, 5) is 15.0.